The molecule has 0 amide bonds. The van der Waals surface area contributed by atoms with Crippen molar-refractivity contribution in [1.29, 1.82) is 0 Å². The minimum atomic E-state index is -0.746. The largest absolute Gasteiger partial charge is 0.481 e. The van der Waals surface area contributed by atoms with Crippen LogP contribution in [0.4, 0.5) is 11.4 Å². The fraction of sp³-hybridized carbons (Fsp3) is 0.440. The Bertz CT molecular complexity index is 808. The van der Waals surface area contributed by atoms with E-state index >= 15 is 0 Å². The summed E-state index contributed by atoms with van der Waals surface area (Å²) in [5, 5.41) is 17.5. The Labute approximate surface area is 184 Å². The number of nitrogen functional groups attached to an aromatic ring is 2. The van der Waals surface area contributed by atoms with Gasteiger partial charge < -0.3 is 21.7 Å². The maximum absolute atomic E-state index is 10.6. The standard InChI is InChI=1S/C25H34N2O4/c26-22-13-11-18(16-20(22)7-3-1-5-9-24(28)29)15-19-12-14-23(27)21(17-19)8-4-2-6-10-25(30)31/h11-14,16-17H,1-10,15,26-27H2,(H,28,29)(H,30,31). The second kappa shape index (κ2) is 12.6. The monoisotopic (exact) mass is 426 g/mol. The molecule has 2 aromatic carbocycles. The molecular formula is C25H34N2O4. The SMILES string of the molecule is Nc1ccc(Cc2ccc(N)c(CCCCCC(=O)O)c2)cc1CCCCCC(=O)O. The topological polar surface area (TPSA) is 127 Å². The van der Waals surface area contributed by atoms with Crippen molar-refractivity contribution < 1.29 is 19.8 Å². The van der Waals surface area contributed by atoms with Gasteiger partial charge in [-0.2, -0.15) is 0 Å². The zero-order chi connectivity index (χ0) is 22.6. The first-order valence-corrected chi connectivity index (χ1v) is 11.0. The number of carbonyl (C=O) groups is 2. The molecule has 0 saturated carbocycles. The Morgan fingerprint density at radius 1 is 0.645 bits per heavy atom. The minimum Gasteiger partial charge on any atom is -0.481 e. The number of unbranched alkanes of at least 4 members (excludes halogenated alkanes) is 4. The Balaban J connectivity index is 1.92. The molecule has 0 unspecified atom stereocenters. The Morgan fingerprint density at radius 2 is 1.06 bits per heavy atom. The lowest BCUT2D eigenvalue weighted by Crippen LogP contribution is -2.00. The van der Waals surface area contributed by atoms with Crippen LogP contribution in [-0.2, 0) is 28.9 Å². The van der Waals surface area contributed by atoms with Crippen molar-refractivity contribution >= 4 is 23.3 Å². The highest BCUT2D eigenvalue weighted by Gasteiger charge is 2.07. The van der Waals surface area contributed by atoms with Gasteiger partial charge in [-0.15, -0.1) is 0 Å². The number of carboxylic acids is 2. The highest BCUT2D eigenvalue weighted by atomic mass is 16.4. The molecule has 31 heavy (non-hydrogen) atoms. The van der Waals surface area contributed by atoms with Crippen LogP contribution >= 0.6 is 0 Å². The zero-order valence-electron chi connectivity index (χ0n) is 18.1. The van der Waals surface area contributed by atoms with Crippen molar-refractivity contribution in [2.45, 2.75) is 70.6 Å². The highest BCUT2D eigenvalue weighted by molar-refractivity contribution is 5.66. The molecule has 0 aliphatic carbocycles. The van der Waals surface area contributed by atoms with E-state index in [0.717, 1.165) is 67.4 Å². The van der Waals surface area contributed by atoms with E-state index < -0.39 is 11.9 Å². The van der Waals surface area contributed by atoms with Gasteiger partial charge in [-0.05, 0) is 79.3 Å². The molecule has 2 aromatic rings. The molecule has 168 valence electrons. The number of anilines is 2. The number of hydrogen-bond donors (Lipinski definition) is 4. The van der Waals surface area contributed by atoms with Crippen molar-refractivity contribution in [3.05, 3.63) is 58.7 Å². The fourth-order valence-electron chi connectivity index (χ4n) is 3.74. The van der Waals surface area contributed by atoms with E-state index in [9.17, 15) is 9.59 Å². The summed E-state index contributed by atoms with van der Waals surface area (Å²) in [4.78, 5) is 21.2. The van der Waals surface area contributed by atoms with Crippen LogP contribution in [0.3, 0.4) is 0 Å². The van der Waals surface area contributed by atoms with Gasteiger partial charge in [0, 0.05) is 24.2 Å². The van der Waals surface area contributed by atoms with Crippen LogP contribution in [0, 0.1) is 0 Å². The number of aryl methyl sites for hydroxylation is 2. The summed E-state index contributed by atoms with van der Waals surface area (Å²) in [6, 6.07) is 12.3. The van der Waals surface area contributed by atoms with E-state index in [2.05, 4.69) is 12.1 Å². The summed E-state index contributed by atoms with van der Waals surface area (Å²) in [7, 11) is 0. The molecule has 0 aliphatic rings. The lowest BCUT2D eigenvalue weighted by molar-refractivity contribution is -0.138. The summed E-state index contributed by atoms with van der Waals surface area (Å²) < 4.78 is 0. The minimum absolute atomic E-state index is 0.217. The number of benzene rings is 2. The number of nitrogens with two attached hydrogens (primary N) is 2. The summed E-state index contributed by atoms with van der Waals surface area (Å²) >= 11 is 0. The van der Waals surface area contributed by atoms with Crippen LogP contribution < -0.4 is 11.5 Å². The molecule has 6 N–H and O–H groups in total. The predicted molar refractivity (Wildman–Crippen MR) is 124 cm³/mol. The summed E-state index contributed by atoms with van der Waals surface area (Å²) in [5.74, 6) is -1.49. The smallest absolute Gasteiger partial charge is 0.303 e. The normalized spacial score (nSPS) is 10.8. The van der Waals surface area contributed by atoms with Gasteiger partial charge in [0.05, 0.1) is 0 Å². The number of carboxylic acid groups (broad SMARTS) is 2. The molecule has 0 aromatic heterocycles. The molecular weight excluding hydrogens is 392 g/mol. The molecule has 0 spiro atoms. The average molecular weight is 427 g/mol. The van der Waals surface area contributed by atoms with Gasteiger partial charge >= 0.3 is 11.9 Å². The van der Waals surface area contributed by atoms with E-state index in [-0.39, 0.29) is 12.8 Å². The lowest BCUT2D eigenvalue weighted by atomic mass is 9.96. The van der Waals surface area contributed by atoms with Crippen molar-refractivity contribution in [3.8, 4) is 0 Å². The molecule has 0 heterocycles. The second-order valence-electron chi connectivity index (χ2n) is 8.15. The third-order valence-electron chi connectivity index (χ3n) is 5.50. The molecule has 0 atom stereocenters. The lowest BCUT2D eigenvalue weighted by Gasteiger charge is -2.11. The average Bonchev–Trinajstić information content (AvgIpc) is 2.71. The van der Waals surface area contributed by atoms with E-state index in [4.69, 9.17) is 21.7 Å². The summed E-state index contributed by atoms with van der Waals surface area (Å²) in [5.41, 5.74) is 18.4. The Hall–Kier alpha value is -3.02. The molecule has 0 bridgehead atoms. The van der Waals surface area contributed by atoms with Gasteiger partial charge in [0.2, 0.25) is 0 Å². The molecule has 0 aliphatic heterocycles. The van der Waals surface area contributed by atoms with E-state index in [1.165, 1.54) is 11.1 Å². The van der Waals surface area contributed by atoms with Crippen molar-refractivity contribution in [3.63, 3.8) is 0 Å². The number of rotatable bonds is 14. The number of hydrogen-bond acceptors (Lipinski definition) is 4. The molecule has 6 nitrogen and oxygen atoms in total. The third-order valence-corrected chi connectivity index (χ3v) is 5.50. The van der Waals surface area contributed by atoms with Crippen LogP contribution in [0.5, 0.6) is 0 Å². The molecule has 2 rings (SSSR count). The predicted octanol–water partition coefficient (Wildman–Crippen LogP) is 4.82. The van der Waals surface area contributed by atoms with Crippen molar-refractivity contribution in [2.75, 3.05) is 11.5 Å². The van der Waals surface area contributed by atoms with E-state index in [0.29, 0.717) is 12.8 Å². The van der Waals surface area contributed by atoms with Gasteiger partial charge in [-0.25, -0.2) is 0 Å². The van der Waals surface area contributed by atoms with E-state index in [1.54, 1.807) is 0 Å². The van der Waals surface area contributed by atoms with Crippen LogP contribution in [0.2, 0.25) is 0 Å². The maximum atomic E-state index is 10.6. The fourth-order valence-corrected chi connectivity index (χ4v) is 3.74. The van der Waals surface area contributed by atoms with E-state index in [1.807, 2.05) is 24.3 Å². The maximum Gasteiger partial charge on any atom is 0.303 e. The van der Waals surface area contributed by atoms with Gasteiger partial charge in [-0.1, -0.05) is 37.1 Å². The van der Waals surface area contributed by atoms with Crippen LogP contribution in [0.1, 0.15) is 73.6 Å². The number of aliphatic carboxylic acids is 2. The second-order valence-corrected chi connectivity index (χ2v) is 8.15. The van der Waals surface area contributed by atoms with Gasteiger partial charge in [0.15, 0.2) is 0 Å². The first-order valence-electron chi connectivity index (χ1n) is 11.0. The quantitative estimate of drug-likeness (QED) is 0.253. The first kappa shape index (κ1) is 24.3. The van der Waals surface area contributed by atoms with Crippen molar-refractivity contribution in [1.82, 2.24) is 0 Å². The van der Waals surface area contributed by atoms with Crippen LogP contribution in [0.25, 0.3) is 0 Å². The highest BCUT2D eigenvalue weighted by Crippen LogP contribution is 2.22. The van der Waals surface area contributed by atoms with Crippen molar-refractivity contribution in [2.24, 2.45) is 0 Å². The first-order chi connectivity index (χ1) is 14.8. The van der Waals surface area contributed by atoms with Gasteiger partial charge in [0.25, 0.3) is 0 Å². The summed E-state index contributed by atoms with van der Waals surface area (Å²) in [6.45, 7) is 0. The van der Waals surface area contributed by atoms with Gasteiger partial charge in [0.1, 0.15) is 0 Å². The molecule has 0 fully saturated rings. The van der Waals surface area contributed by atoms with Crippen LogP contribution in [-0.4, -0.2) is 22.2 Å². The Morgan fingerprint density at radius 3 is 1.45 bits per heavy atom. The zero-order valence-corrected chi connectivity index (χ0v) is 18.1. The van der Waals surface area contributed by atoms with Crippen LogP contribution in [0.15, 0.2) is 36.4 Å². The Kier molecular flexibility index (Phi) is 9.88. The molecule has 6 heteroatoms. The molecule has 0 radical (unpaired) electrons. The summed E-state index contributed by atoms with van der Waals surface area (Å²) in [6.07, 6.45) is 7.92. The van der Waals surface area contributed by atoms with Gasteiger partial charge in [-0.3, -0.25) is 9.59 Å². The third kappa shape index (κ3) is 9.11. The molecule has 0 saturated heterocycles.